The minimum absolute atomic E-state index is 0.120. The van der Waals surface area contributed by atoms with E-state index in [1.54, 1.807) is 31.4 Å². The largest absolute Gasteiger partial charge is 0.380 e. The fourth-order valence-electron chi connectivity index (χ4n) is 3.70. The van der Waals surface area contributed by atoms with Gasteiger partial charge in [-0.1, -0.05) is 43.9 Å². The molecule has 0 bridgehead atoms. The molecule has 0 radical (unpaired) electrons. The molecule has 1 aromatic rings. The van der Waals surface area contributed by atoms with E-state index in [9.17, 15) is 14.0 Å². The molecule has 1 aromatic heterocycles. The quantitative estimate of drug-likeness (QED) is 0.0585. The molecular formula is C34H56FN7O3S. The van der Waals surface area contributed by atoms with Crippen molar-refractivity contribution in [2.75, 3.05) is 64.4 Å². The van der Waals surface area contributed by atoms with Crippen molar-refractivity contribution in [2.45, 2.75) is 61.0 Å². The lowest BCUT2D eigenvalue weighted by atomic mass is 10.2. The highest BCUT2D eigenvalue weighted by molar-refractivity contribution is 7.13. The number of hydrogen-bond acceptors (Lipinski definition) is 9. The number of hydrazone groups is 1. The van der Waals surface area contributed by atoms with Crippen LogP contribution in [0.15, 0.2) is 76.8 Å². The van der Waals surface area contributed by atoms with Crippen molar-refractivity contribution in [1.82, 2.24) is 25.5 Å². The number of aromatic nitrogens is 1. The van der Waals surface area contributed by atoms with Gasteiger partial charge in [-0.3, -0.25) is 19.9 Å². The predicted molar refractivity (Wildman–Crippen MR) is 192 cm³/mol. The van der Waals surface area contributed by atoms with Crippen molar-refractivity contribution in [1.29, 1.82) is 0 Å². The van der Waals surface area contributed by atoms with E-state index in [1.807, 2.05) is 68.5 Å². The van der Waals surface area contributed by atoms with Gasteiger partial charge >= 0.3 is 0 Å². The van der Waals surface area contributed by atoms with Crippen molar-refractivity contribution >= 4 is 34.5 Å². The second kappa shape index (κ2) is 26.6. The summed E-state index contributed by atoms with van der Waals surface area (Å²) in [5.74, 6) is 0.0916. The molecule has 10 nitrogen and oxygen atoms in total. The Morgan fingerprint density at radius 2 is 1.91 bits per heavy atom. The Bertz CT molecular complexity index is 1140. The van der Waals surface area contributed by atoms with Crippen LogP contribution in [-0.2, 0) is 14.3 Å². The van der Waals surface area contributed by atoms with Gasteiger partial charge in [-0.2, -0.15) is 5.10 Å². The minimum Gasteiger partial charge on any atom is -0.380 e. The summed E-state index contributed by atoms with van der Waals surface area (Å²) < 4.78 is 16.6. The van der Waals surface area contributed by atoms with Gasteiger partial charge in [-0.05, 0) is 59.7 Å². The Morgan fingerprint density at radius 1 is 1.24 bits per heavy atom. The monoisotopic (exact) mass is 661 g/mol. The highest BCUT2D eigenvalue weighted by Crippen LogP contribution is 2.19. The second-order valence-corrected chi connectivity index (χ2v) is 11.3. The topological polar surface area (TPSA) is 102 Å². The van der Waals surface area contributed by atoms with Gasteiger partial charge in [0.15, 0.2) is 5.13 Å². The van der Waals surface area contributed by atoms with Gasteiger partial charge in [-0.25, -0.2) is 9.37 Å². The number of rotatable bonds is 16. The second-order valence-electron chi connectivity index (χ2n) is 10.4. The van der Waals surface area contributed by atoms with Gasteiger partial charge in [0.1, 0.15) is 0 Å². The van der Waals surface area contributed by atoms with E-state index in [0.29, 0.717) is 19.5 Å². The average molecular weight is 662 g/mol. The smallest absolute Gasteiger partial charge is 0.236 e. The number of amides is 2. The molecule has 1 atom stereocenters. The summed E-state index contributed by atoms with van der Waals surface area (Å²) in [5.41, 5.74) is 5.86. The van der Waals surface area contributed by atoms with E-state index in [-0.39, 0.29) is 17.8 Å². The highest BCUT2D eigenvalue weighted by atomic mass is 32.1. The molecule has 1 saturated heterocycles. The van der Waals surface area contributed by atoms with Gasteiger partial charge in [0.25, 0.3) is 0 Å². The first-order chi connectivity index (χ1) is 22.1. The lowest BCUT2D eigenvalue weighted by Crippen LogP contribution is -2.51. The molecule has 2 heterocycles. The van der Waals surface area contributed by atoms with E-state index in [4.69, 9.17) is 4.74 Å². The predicted octanol–water partition coefficient (Wildman–Crippen LogP) is 5.71. The first-order valence-corrected chi connectivity index (χ1v) is 16.5. The molecule has 0 aromatic carbocycles. The number of nitrogens with zero attached hydrogens (tertiary/aromatic N) is 5. The summed E-state index contributed by atoms with van der Waals surface area (Å²) in [6.07, 6.45) is 14.4. The molecule has 1 unspecified atom stereocenters. The Kier molecular flexibility index (Phi) is 24.5. The van der Waals surface area contributed by atoms with E-state index in [1.165, 1.54) is 13.0 Å². The van der Waals surface area contributed by atoms with Crippen LogP contribution in [0.4, 0.5) is 9.52 Å². The van der Waals surface area contributed by atoms with Crippen molar-refractivity contribution < 1.29 is 18.7 Å². The molecule has 258 valence electrons. The Morgan fingerprint density at radius 3 is 2.41 bits per heavy atom. The third kappa shape index (κ3) is 19.7. The number of thiazole rings is 1. The van der Waals surface area contributed by atoms with Gasteiger partial charge in [0, 0.05) is 70.1 Å². The number of likely N-dealkylation sites (N-methyl/N-ethyl adjacent to an activating group) is 1. The third-order valence-corrected chi connectivity index (χ3v) is 7.63. The normalized spacial score (nSPS) is 15.1. The number of methoxy groups -OCH3 is 1. The molecule has 0 saturated carbocycles. The molecule has 2 N–H and O–H groups in total. The fourth-order valence-corrected chi connectivity index (χ4v) is 4.40. The maximum Gasteiger partial charge on any atom is 0.236 e. The molecule has 12 heteroatoms. The summed E-state index contributed by atoms with van der Waals surface area (Å²) in [4.78, 5) is 33.3. The molecule has 1 fully saturated rings. The van der Waals surface area contributed by atoms with Gasteiger partial charge in [0.05, 0.1) is 24.2 Å². The minimum atomic E-state index is -0.120. The summed E-state index contributed by atoms with van der Waals surface area (Å²) in [5, 5.41) is 9.90. The molecule has 2 rings (SSSR count). The number of carbonyl (C=O) groups is 2. The van der Waals surface area contributed by atoms with Gasteiger partial charge < -0.3 is 19.9 Å². The molecular weight excluding hydrogens is 605 g/mol. The van der Waals surface area contributed by atoms with Crippen LogP contribution in [0.25, 0.3) is 0 Å². The average Bonchev–Trinajstić information content (AvgIpc) is 3.62. The summed E-state index contributed by atoms with van der Waals surface area (Å²) in [7, 11) is 1.71. The first kappa shape index (κ1) is 42.4. The molecule has 1 aliphatic heterocycles. The maximum atomic E-state index is 12.4. The molecule has 46 heavy (non-hydrogen) atoms. The summed E-state index contributed by atoms with van der Waals surface area (Å²) in [6.45, 7) is 22.7. The molecule has 2 amide bonds. The zero-order chi connectivity index (χ0) is 34.7. The van der Waals surface area contributed by atoms with Crippen molar-refractivity contribution in [3.8, 4) is 0 Å². The number of hydrogen-bond donors (Lipinski definition) is 2. The van der Waals surface area contributed by atoms with Crippen LogP contribution in [0.5, 0.6) is 0 Å². The Labute approximate surface area is 280 Å². The number of piperazine rings is 1. The van der Waals surface area contributed by atoms with E-state index >= 15 is 0 Å². The molecule has 0 spiro atoms. The van der Waals surface area contributed by atoms with E-state index in [2.05, 4.69) is 44.1 Å². The number of halogens is 1. The van der Waals surface area contributed by atoms with Crippen LogP contribution >= 0.6 is 11.3 Å². The number of ether oxygens (including phenoxy) is 1. The zero-order valence-electron chi connectivity index (χ0n) is 29.1. The third-order valence-electron chi connectivity index (χ3n) is 6.79. The van der Waals surface area contributed by atoms with Crippen molar-refractivity contribution in [3.05, 3.63) is 71.7 Å². The number of carbonyl (C=O) groups excluding carboxylic acids is 2. The van der Waals surface area contributed by atoms with E-state index < -0.39 is 0 Å². The lowest BCUT2D eigenvalue weighted by Gasteiger charge is -2.35. The Balaban J connectivity index is 0.000000775. The van der Waals surface area contributed by atoms with Gasteiger partial charge in [0.2, 0.25) is 12.3 Å². The first-order valence-electron chi connectivity index (χ1n) is 15.6. The highest BCUT2D eigenvalue weighted by Gasteiger charge is 2.23. The number of nitrogens with one attached hydrogen (secondary N) is 2. The van der Waals surface area contributed by atoms with Crippen LogP contribution in [0, 0.1) is 0 Å². The van der Waals surface area contributed by atoms with Crippen LogP contribution < -0.4 is 15.6 Å². The van der Waals surface area contributed by atoms with Crippen molar-refractivity contribution in [3.63, 3.8) is 0 Å². The standard InChI is InChI=1S/C15H26N4O2S.C15H23N3O.C4H7F/c1-4-17(11-13(2)21-3)12-14(20)18-6-8-19(9-7-18)15-16-5-10-22-15;1-5-7-9-14(4)17-18-15(13(3)6-2)10-8-11-16-12-19;1-3-4(2)5/h5,10,13H,4,6-9,11-12H2,1-3H3;5-8,10,12,18H,2,9,11H2,1,3-4H3,(H,16,19);3H,1-2H3/b;7-5-,10-8-,15-13+,17-14+;4-3+. The maximum absolute atomic E-state index is 12.4. The van der Waals surface area contributed by atoms with Crippen LogP contribution in [-0.4, -0.2) is 98.4 Å². The van der Waals surface area contributed by atoms with Crippen LogP contribution in [0.2, 0.25) is 0 Å². The van der Waals surface area contributed by atoms with Crippen molar-refractivity contribution in [2.24, 2.45) is 5.10 Å². The van der Waals surface area contributed by atoms with Gasteiger partial charge in [-0.15, -0.1) is 11.3 Å². The van der Waals surface area contributed by atoms with Crippen LogP contribution in [0.3, 0.4) is 0 Å². The zero-order valence-corrected chi connectivity index (χ0v) is 29.9. The van der Waals surface area contributed by atoms with Crippen LogP contribution in [0.1, 0.15) is 54.9 Å². The summed E-state index contributed by atoms with van der Waals surface area (Å²) in [6, 6.07) is 0. The lowest BCUT2D eigenvalue weighted by molar-refractivity contribution is -0.133. The Hall–Kier alpha value is -3.61. The fraction of sp³-hybridized carbons (Fsp3) is 0.529. The molecule has 0 aliphatic carbocycles. The molecule has 1 aliphatic rings. The number of allylic oxidation sites excluding steroid dienone is 7. The SMILES string of the molecule is C/C=C(\C)F.C=C/C(C)=C(\C=C/CNC=O)N/N=C(\C)C/C=C\C.CCN(CC(=O)N1CCN(c2nccs2)CC1)CC(C)OC. The van der Waals surface area contributed by atoms with E-state index in [0.717, 1.165) is 67.8 Å². The number of anilines is 1. The summed E-state index contributed by atoms with van der Waals surface area (Å²) >= 11 is 1.65.